The predicted octanol–water partition coefficient (Wildman–Crippen LogP) is 1.81. The van der Waals surface area contributed by atoms with Gasteiger partial charge in [-0.2, -0.15) is 0 Å². The van der Waals surface area contributed by atoms with E-state index in [0.29, 0.717) is 0 Å². The van der Waals surface area contributed by atoms with Crippen molar-refractivity contribution in [2.45, 2.75) is 51.9 Å². The number of nitrogens with two attached hydrogens (primary N) is 1. The highest BCUT2D eigenvalue weighted by molar-refractivity contribution is 4.61. The Morgan fingerprint density at radius 2 is 1.50 bits per heavy atom. The fourth-order valence-corrected chi connectivity index (χ4v) is 2.38. The maximum atomic E-state index is 5.50. The lowest BCUT2D eigenvalue weighted by molar-refractivity contribution is 0.261. The van der Waals surface area contributed by atoms with Crippen LogP contribution in [0.3, 0.4) is 0 Å². The van der Waals surface area contributed by atoms with E-state index in [4.69, 9.17) is 5.73 Å². The molecule has 122 valence electrons. The van der Waals surface area contributed by atoms with Gasteiger partial charge in [0.1, 0.15) is 0 Å². The van der Waals surface area contributed by atoms with Crippen molar-refractivity contribution in [1.82, 2.24) is 15.5 Å². The molecule has 0 aliphatic carbocycles. The molecule has 0 fully saturated rings. The van der Waals surface area contributed by atoms with Crippen molar-refractivity contribution in [1.29, 1.82) is 0 Å². The van der Waals surface area contributed by atoms with Crippen molar-refractivity contribution >= 4 is 0 Å². The van der Waals surface area contributed by atoms with Crippen LogP contribution < -0.4 is 16.4 Å². The maximum Gasteiger partial charge on any atom is 0.0107 e. The van der Waals surface area contributed by atoms with Gasteiger partial charge in [0.2, 0.25) is 0 Å². The van der Waals surface area contributed by atoms with Gasteiger partial charge in [-0.3, -0.25) is 0 Å². The molecule has 0 atom stereocenters. The standard InChI is InChI=1S/C16H38N4/c1-3-4-5-8-14-20(16-13-19-12-10-17)15-9-6-7-11-18-2/h18-19H,3-17H2,1-2H3. The van der Waals surface area contributed by atoms with Crippen molar-refractivity contribution in [2.24, 2.45) is 5.73 Å². The molecule has 0 aromatic heterocycles. The second-order valence-electron chi connectivity index (χ2n) is 5.61. The smallest absolute Gasteiger partial charge is 0.0107 e. The van der Waals surface area contributed by atoms with Crippen molar-refractivity contribution in [3.05, 3.63) is 0 Å². The average molecular weight is 287 g/mol. The third-order valence-corrected chi connectivity index (χ3v) is 3.65. The first-order valence-electron chi connectivity index (χ1n) is 8.62. The van der Waals surface area contributed by atoms with Gasteiger partial charge >= 0.3 is 0 Å². The Labute approximate surface area is 126 Å². The van der Waals surface area contributed by atoms with Crippen LogP contribution in [-0.4, -0.2) is 57.8 Å². The zero-order chi connectivity index (χ0) is 14.9. The quantitative estimate of drug-likeness (QED) is 0.379. The Hall–Kier alpha value is -0.160. The molecule has 0 rings (SSSR count). The number of nitrogens with zero attached hydrogens (tertiary/aromatic N) is 1. The summed E-state index contributed by atoms with van der Waals surface area (Å²) < 4.78 is 0. The third kappa shape index (κ3) is 14.3. The van der Waals surface area contributed by atoms with Gasteiger partial charge in [0.05, 0.1) is 0 Å². The Morgan fingerprint density at radius 3 is 2.10 bits per heavy atom. The molecule has 4 heteroatoms. The van der Waals surface area contributed by atoms with Gasteiger partial charge in [0, 0.05) is 26.2 Å². The normalized spacial score (nSPS) is 11.4. The largest absolute Gasteiger partial charge is 0.329 e. The molecule has 0 aliphatic heterocycles. The van der Waals surface area contributed by atoms with Gasteiger partial charge < -0.3 is 21.3 Å². The zero-order valence-corrected chi connectivity index (χ0v) is 13.9. The first kappa shape index (κ1) is 19.8. The highest BCUT2D eigenvalue weighted by Gasteiger charge is 2.04. The van der Waals surface area contributed by atoms with Crippen LogP contribution in [-0.2, 0) is 0 Å². The zero-order valence-electron chi connectivity index (χ0n) is 13.9. The van der Waals surface area contributed by atoms with E-state index in [1.807, 2.05) is 7.05 Å². The van der Waals surface area contributed by atoms with Crippen LogP contribution in [0.5, 0.6) is 0 Å². The molecule has 0 spiro atoms. The second-order valence-corrected chi connectivity index (χ2v) is 5.61. The minimum atomic E-state index is 0.737. The molecule has 0 aromatic carbocycles. The van der Waals surface area contributed by atoms with Crippen LogP contribution in [0, 0.1) is 0 Å². The number of hydrogen-bond acceptors (Lipinski definition) is 4. The summed E-state index contributed by atoms with van der Waals surface area (Å²) in [5, 5.41) is 6.62. The summed E-state index contributed by atoms with van der Waals surface area (Å²) in [6.45, 7) is 9.84. The van der Waals surface area contributed by atoms with E-state index in [1.165, 1.54) is 58.0 Å². The molecule has 0 bridgehead atoms. The molecular weight excluding hydrogens is 248 g/mol. The summed E-state index contributed by atoms with van der Waals surface area (Å²) in [4.78, 5) is 2.62. The molecule has 0 amide bonds. The first-order valence-corrected chi connectivity index (χ1v) is 8.62. The van der Waals surface area contributed by atoms with Crippen LogP contribution >= 0.6 is 0 Å². The maximum absolute atomic E-state index is 5.50. The molecule has 4 N–H and O–H groups in total. The summed E-state index contributed by atoms with van der Waals surface area (Å²) >= 11 is 0. The summed E-state index contributed by atoms with van der Waals surface area (Å²) in [5.41, 5.74) is 5.50. The molecule has 0 radical (unpaired) electrons. The topological polar surface area (TPSA) is 53.3 Å². The summed E-state index contributed by atoms with van der Waals surface area (Å²) in [7, 11) is 2.03. The van der Waals surface area contributed by atoms with E-state index in [0.717, 1.165) is 32.7 Å². The van der Waals surface area contributed by atoms with Crippen LogP contribution in [0.4, 0.5) is 0 Å². The molecule has 4 nitrogen and oxygen atoms in total. The number of nitrogens with one attached hydrogen (secondary N) is 2. The molecule has 0 unspecified atom stereocenters. The first-order chi connectivity index (χ1) is 9.85. The lowest BCUT2D eigenvalue weighted by Crippen LogP contribution is -2.35. The lowest BCUT2D eigenvalue weighted by atomic mass is 10.2. The summed E-state index contributed by atoms with van der Waals surface area (Å²) in [5.74, 6) is 0. The van der Waals surface area contributed by atoms with Gasteiger partial charge in [0.25, 0.3) is 0 Å². The third-order valence-electron chi connectivity index (χ3n) is 3.65. The molecule has 20 heavy (non-hydrogen) atoms. The Balaban J connectivity index is 3.67. The number of hydrogen-bond donors (Lipinski definition) is 3. The highest BCUT2D eigenvalue weighted by Crippen LogP contribution is 2.03. The van der Waals surface area contributed by atoms with Crippen LogP contribution in [0.2, 0.25) is 0 Å². The number of unbranched alkanes of at least 4 members (excludes halogenated alkanes) is 5. The van der Waals surface area contributed by atoms with Gasteiger partial charge in [0.15, 0.2) is 0 Å². The monoisotopic (exact) mass is 286 g/mol. The van der Waals surface area contributed by atoms with Gasteiger partial charge in [-0.1, -0.05) is 32.6 Å². The Kier molecular flexibility index (Phi) is 16.8. The highest BCUT2D eigenvalue weighted by atomic mass is 15.1. The van der Waals surface area contributed by atoms with Crippen LogP contribution in [0.1, 0.15) is 51.9 Å². The molecule has 0 heterocycles. The molecule has 0 saturated heterocycles. The van der Waals surface area contributed by atoms with Crippen molar-refractivity contribution < 1.29 is 0 Å². The average Bonchev–Trinajstić information content (AvgIpc) is 2.47. The van der Waals surface area contributed by atoms with Crippen molar-refractivity contribution in [3.63, 3.8) is 0 Å². The Bertz CT molecular complexity index is 164. The second kappa shape index (κ2) is 16.9. The van der Waals surface area contributed by atoms with E-state index in [-0.39, 0.29) is 0 Å². The van der Waals surface area contributed by atoms with Gasteiger partial charge in [-0.25, -0.2) is 0 Å². The molecule has 0 aromatic rings. The summed E-state index contributed by atoms with van der Waals surface area (Å²) in [6, 6.07) is 0. The van der Waals surface area contributed by atoms with Crippen LogP contribution in [0.25, 0.3) is 0 Å². The lowest BCUT2D eigenvalue weighted by Gasteiger charge is -2.22. The van der Waals surface area contributed by atoms with E-state index in [9.17, 15) is 0 Å². The molecule has 0 aliphatic rings. The van der Waals surface area contributed by atoms with E-state index >= 15 is 0 Å². The van der Waals surface area contributed by atoms with E-state index in [2.05, 4.69) is 22.5 Å². The van der Waals surface area contributed by atoms with Crippen molar-refractivity contribution in [3.8, 4) is 0 Å². The van der Waals surface area contributed by atoms with Crippen LogP contribution in [0.15, 0.2) is 0 Å². The minimum Gasteiger partial charge on any atom is -0.329 e. The fraction of sp³-hybridized carbons (Fsp3) is 1.00. The number of rotatable bonds is 16. The fourth-order valence-electron chi connectivity index (χ4n) is 2.38. The predicted molar refractivity (Wildman–Crippen MR) is 90.3 cm³/mol. The van der Waals surface area contributed by atoms with Gasteiger partial charge in [-0.15, -0.1) is 0 Å². The SMILES string of the molecule is CCCCCCN(CCCCCNC)CCNCCN. The molecule has 0 saturated carbocycles. The molecular formula is C16H38N4. The van der Waals surface area contributed by atoms with E-state index < -0.39 is 0 Å². The minimum absolute atomic E-state index is 0.737. The summed E-state index contributed by atoms with van der Waals surface area (Å²) in [6.07, 6.45) is 9.38. The Morgan fingerprint density at radius 1 is 0.800 bits per heavy atom. The van der Waals surface area contributed by atoms with E-state index in [1.54, 1.807) is 0 Å². The van der Waals surface area contributed by atoms with Gasteiger partial charge in [-0.05, 0) is 45.9 Å². The van der Waals surface area contributed by atoms with Crippen molar-refractivity contribution in [2.75, 3.05) is 52.9 Å².